The molecule has 1 aromatic heterocycles. The molecule has 1 N–H and O–H groups in total. The van der Waals surface area contributed by atoms with Crippen LogP contribution in [0, 0.1) is 11.3 Å². The van der Waals surface area contributed by atoms with Crippen molar-refractivity contribution in [2.75, 3.05) is 0 Å². The maximum absolute atomic E-state index is 11.5. The van der Waals surface area contributed by atoms with Crippen LogP contribution in [-0.4, -0.2) is 14.9 Å². The molecule has 1 aliphatic rings. The minimum atomic E-state index is -0.867. The second kappa shape index (κ2) is 5.34. The minimum absolute atomic E-state index is 0.0462. The van der Waals surface area contributed by atoms with Crippen LogP contribution in [0.15, 0.2) is 6.20 Å². The summed E-state index contributed by atoms with van der Waals surface area (Å²) in [6.45, 7) is 10.8. The molecule has 0 aromatic carbocycles. The molecule has 0 amide bonds. The standard InChI is InChI=1S/C16H27ClN2O/c1-11(2)19-14(12(17)10-18-19)16(20)9-7-6-8-13(16)15(3,4)5/h10-11,13,20H,6-9H2,1-5H3. The first-order valence-electron chi connectivity index (χ1n) is 7.64. The molecule has 2 rings (SSSR count). The van der Waals surface area contributed by atoms with Crippen molar-refractivity contribution in [1.82, 2.24) is 9.78 Å². The van der Waals surface area contributed by atoms with Crippen molar-refractivity contribution >= 4 is 11.6 Å². The van der Waals surface area contributed by atoms with Gasteiger partial charge in [-0.1, -0.05) is 45.2 Å². The summed E-state index contributed by atoms with van der Waals surface area (Å²) in [5, 5.41) is 16.5. The zero-order valence-electron chi connectivity index (χ0n) is 13.3. The topological polar surface area (TPSA) is 38.0 Å². The highest BCUT2D eigenvalue weighted by Gasteiger charge is 2.49. The van der Waals surface area contributed by atoms with Gasteiger partial charge in [0, 0.05) is 6.04 Å². The lowest BCUT2D eigenvalue weighted by atomic mass is 9.62. The van der Waals surface area contributed by atoms with E-state index in [1.165, 1.54) is 6.42 Å². The van der Waals surface area contributed by atoms with Crippen LogP contribution < -0.4 is 0 Å². The maximum Gasteiger partial charge on any atom is 0.111 e. The van der Waals surface area contributed by atoms with Crippen LogP contribution in [0.2, 0.25) is 5.02 Å². The van der Waals surface area contributed by atoms with E-state index in [0.29, 0.717) is 5.02 Å². The highest BCUT2D eigenvalue weighted by atomic mass is 35.5. The van der Waals surface area contributed by atoms with Gasteiger partial charge in [0.25, 0.3) is 0 Å². The third-order valence-corrected chi connectivity index (χ3v) is 4.85. The van der Waals surface area contributed by atoms with Gasteiger partial charge in [0.1, 0.15) is 5.60 Å². The zero-order chi connectivity index (χ0) is 15.1. The number of rotatable bonds is 2. The van der Waals surface area contributed by atoms with Gasteiger partial charge in [-0.15, -0.1) is 0 Å². The predicted octanol–water partition coefficient (Wildman–Crippen LogP) is 4.54. The minimum Gasteiger partial charge on any atom is -0.383 e. The molecule has 114 valence electrons. The van der Waals surface area contributed by atoms with E-state index in [2.05, 4.69) is 39.7 Å². The fourth-order valence-electron chi connectivity index (χ4n) is 3.73. The molecule has 1 heterocycles. The molecule has 0 radical (unpaired) electrons. The number of hydrogen-bond acceptors (Lipinski definition) is 2. The summed E-state index contributed by atoms with van der Waals surface area (Å²) in [5.74, 6) is 0.204. The van der Waals surface area contributed by atoms with Crippen LogP contribution in [0.3, 0.4) is 0 Å². The summed E-state index contributed by atoms with van der Waals surface area (Å²) < 4.78 is 1.90. The summed E-state index contributed by atoms with van der Waals surface area (Å²) in [7, 11) is 0. The van der Waals surface area contributed by atoms with Crippen LogP contribution in [0.4, 0.5) is 0 Å². The van der Waals surface area contributed by atoms with Crippen LogP contribution in [0.1, 0.15) is 72.0 Å². The molecule has 0 aliphatic heterocycles. The Bertz CT molecular complexity index is 475. The highest BCUT2D eigenvalue weighted by molar-refractivity contribution is 6.31. The van der Waals surface area contributed by atoms with Crippen molar-refractivity contribution in [3.05, 3.63) is 16.9 Å². The lowest BCUT2D eigenvalue weighted by molar-refractivity contribution is -0.102. The number of aliphatic hydroxyl groups is 1. The maximum atomic E-state index is 11.5. The molecule has 0 bridgehead atoms. The molecule has 0 spiro atoms. The Labute approximate surface area is 127 Å². The van der Waals surface area contributed by atoms with E-state index in [4.69, 9.17) is 11.6 Å². The van der Waals surface area contributed by atoms with E-state index in [1.54, 1.807) is 6.20 Å². The highest BCUT2D eigenvalue weighted by Crippen LogP contribution is 2.51. The Morgan fingerprint density at radius 3 is 2.60 bits per heavy atom. The van der Waals surface area contributed by atoms with E-state index in [9.17, 15) is 5.11 Å². The predicted molar refractivity (Wildman–Crippen MR) is 82.9 cm³/mol. The van der Waals surface area contributed by atoms with Gasteiger partial charge in [-0.05, 0) is 38.0 Å². The van der Waals surface area contributed by atoms with Gasteiger partial charge in [-0.2, -0.15) is 5.10 Å². The molecular formula is C16H27ClN2O. The van der Waals surface area contributed by atoms with E-state index < -0.39 is 5.60 Å². The molecule has 2 unspecified atom stereocenters. The number of hydrogen-bond donors (Lipinski definition) is 1. The molecule has 20 heavy (non-hydrogen) atoms. The summed E-state index contributed by atoms with van der Waals surface area (Å²) in [4.78, 5) is 0. The summed E-state index contributed by atoms with van der Waals surface area (Å²) >= 11 is 6.38. The molecule has 3 nitrogen and oxygen atoms in total. The summed E-state index contributed by atoms with van der Waals surface area (Å²) in [5.41, 5.74) is -0.00681. The SMILES string of the molecule is CC(C)n1ncc(Cl)c1C1(O)CCCCC1C(C)(C)C. The number of halogens is 1. The van der Waals surface area contributed by atoms with E-state index in [-0.39, 0.29) is 17.4 Å². The lowest BCUT2D eigenvalue weighted by Crippen LogP contribution is -2.46. The molecule has 2 atom stereocenters. The smallest absolute Gasteiger partial charge is 0.111 e. The fourth-order valence-corrected chi connectivity index (χ4v) is 4.02. The Balaban J connectivity index is 2.54. The van der Waals surface area contributed by atoms with E-state index >= 15 is 0 Å². The van der Waals surface area contributed by atoms with Crippen molar-refractivity contribution in [2.45, 2.75) is 71.9 Å². The Morgan fingerprint density at radius 2 is 2.05 bits per heavy atom. The van der Waals surface area contributed by atoms with Crippen molar-refractivity contribution < 1.29 is 5.11 Å². The molecule has 1 aromatic rings. The summed E-state index contributed by atoms with van der Waals surface area (Å²) in [6.07, 6.45) is 5.70. The van der Waals surface area contributed by atoms with Gasteiger partial charge in [0.15, 0.2) is 0 Å². The van der Waals surface area contributed by atoms with Crippen LogP contribution in [0.5, 0.6) is 0 Å². The average molecular weight is 299 g/mol. The van der Waals surface area contributed by atoms with Gasteiger partial charge < -0.3 is 5.11 Å². The molecule has 1 saturated carbocycles. The Morgan fingerprint density at radius 1 is 1.40 bits per heavy atom. The normalized spacial score (nSPS) is 28.1. The number of aromatic nitrogens is 2. The van der Waals surface area contributed by atoms with Crippen molar-refractivity contribution in [3.8, 4) is 0 Å². The second-order valence-corrected chi connectivity index (χ2v) is 7.88. The van der Waals surface area contributed by atoms with E-state index in [1.807, 2.05) is 4.68 Å². The van der Waals surface area contributed by atoms with Gasteiger partial charge in [0.05, 0.1) is 16.9 Å². The third kappa shape index (κ3) is 2.62. The quantitative estimate of drug-likeness (QED) is 0.870. The zero-order valence-corrected chi connectivity index (χ0v) is 14.0. The first-order chi connectivity index (χ1) is 9.18. The van der Waals surface area contributed by atoms with Gasteiger partial charge in [0.2, 0.25) is 0 Å². The molecular weight excluding hydrogens is 272 g/mol. The second-order valence-electron chi connectivity index (χ2n) is 7.47. The largest absolute Gasteiger partial charge is 0.383 e. The van der Waals surface area contributed by atoms with Gasteiger partial charge in [-0.25, -0.2) is 0 Å². The molecule has 1 aliphatic carbocycles. The lowest BCUT2D eigenvalue weighted by Gasteiger charge is -2.47. The molecule has 4 heteroatoms. The van der Waals surface area contributed by atoms with Crippen molar-refractivity contribution in [1.29, 1.82) is 0 Å². The first-order valence-corrected chi connectivity index (χ1v) is 8.01. The van der Waals surface area contributed by atoms with E-state index in [0.717, 1.165) is 25.0 Å². The van der Waals surface area contributed by atoms with Gasteiger partial charge in [-0.3, -0.25) is 4.68 Å². The number of nitrogens with zero attached hydrogens (tertiary/aromatic N) is 2. The van der Waals surface area contributed by atoms with Gasteiger partial charge >= 0.3 is 0 Å². The van der Waals surface area contributed by atoms with Crippen LogP contribution >= 0.6 is 11.6 Å². The van der Waals surface area contributed by atoms with Crippen LogP contribution in [0.25, 0.3) is 0 Å². The van der Waals surface area contributed by atoms with Crippen molar-refractivity contribution in [3.63, 3.8) is 0 Å². The Hall–Kier alpha value is -0.540. The fraction of sp³-hybridized carbons (Fsp3) is 0.812. The molecule has 1 fully saturated rings. The average Bonchev–Trinajstić information content (AvgIpc) is 2.71. The van der Waals surface area contributed by atoms with Crippen LogP contribution in [-0.2, 0) is 5.60 Å². The third-order valence-electron chi connectivity index (χ3n) is 4.57. The van der Waals surface area contributed by atoms with Crippen molar-refractivity contribution in [2.24, 2.45) is 11.3 Å². The molecule has 0 saturated heterocycles. The summed E-state index contributed by atoms with van der Waals surface area (Å²) in [6, 6.07) is 0.198. The first kappa shape index (κ1) is 15.8. The Kier molecular flexibility index (Phi) is 4.23. The monoisotopic (exact) mass is 298 g/mol.